The molecule has 0 aliphatic rings. The first-order valence-corrected chi connectivity index (χ1v) is 12.8. The van der Waals surface area contributed by atoms with Gasteiger partial charge in [-0.05, 0) is 35.4 Å². The highest BCUT2D eigenvalue weighted by molar-refractivity contribution is 6.27. The molecule has 0 fully saturated rings. The van der Waals surface area contributed by atoms with E-state index in [4.69, 9.17) is 0 Å². The number of carbonyl (C=O) groups is 4. The van der Waals surface area contributed by atoms with E-state index in [1.165, 1.54) is 36.4 Å². The van der Waals surface area contributed by atoms with Crippen molar-refractivity contribution in [2.24, 2.45) is 0 Å². The second-order valence-electron chi connectivity index (χ2n) is 9.38. The Morgan fingerprint density at radius 1 is 0.524 bits per heavy atom. The quantitative estimate of drug-likeness (QED) is 0.118. The topological polar surface area (TPSA) is 133 Å². The van der Waals surface area contributed by atoms with Crippen molar-refractivity contribution in [1.29, 1.82) is 0 Å². The number of benzene rings is 5. The molecule has 0 radical (unpaired) electrons. The summed E-state index contributed by atoms with van der Waals surface area (Å²) in [5.41, 5.74) is 1.62. The average molecular weight is 557 g/mol. The van der Waals surface area contributed by atoms with Crippen LogP contribution in [0.2, 0.25) is 0 Å². The third kappa shape index (κ3) is 5.00. The van der Waals surface area contributed by atoms with Crippen LogP contribution < -0.4 is 10.6 Å². The van der Waals surface area contributed by atoms with E-state index in [0.29, 0.717) is 44.0 Å². The summed E-state index contributed by atoms with van der Waals surface area (Å²) in [5.74, 6) is -3.75. The summed E-state index contributed by atoms with van der Waals surface area (Å²) in [6, 6.07) is 22.9. The van der Waals surface area contributed by atoms with Crippen LogP contribution in [0.25, 0.3) is 33.7 Å². The number of aromatic carboxylic acids is 2. The molecule has 0 saturated heterocycles. The van der Waals surface area contributed by atoms with Crippen molar-refractivity contribution in [2.75, 3.05) is 10.6 Å². The second-order valence-corrected chi connectivity index (χ2v) is 9.38. The summed E-state index contributed by atoms with van der Waals surface area (Å²) in [4.78, 5) is 50.9. The van der Waals surface area contributed by atoms with E-state index in [0.717, 1.165) is 0 Å². The minimum Gasteiger partial charge on any atom is -0.478 e. The van der Waals surface area contributed by atoms with E-state index >= 15 is 0 Å². The summed E-state index contributed by atoms with van der Waals surface area (Å²) in [6.45, 7) is 7.40. The van der Waals surface area contributed by atoms with E-state index in [1.807, 2.05) is 0 Å². The van der Waals surface area contributed by atoms with Crippen molar-refractivity contribution in [2.45, 2.75) is 0 Å². The van der Waals surface area contributed by atoms with Gasteiger partial charge in [-0.3, -0.25) is 9.59 Å². The molecule has 0 spiro atoms. The molecule has 0 unspecified atom stereocenters. The maximum absolute atomic E-state index is 13.6. The van der Waals surface area contributed by atoms with Crippen LogP contribution in [0.1, 0.15) is 52.6 Å². The fraction of sp³-hybridized carbons (Fsp3) is 0. The first-order chi connectivity index (χ1) is 20.2. The molecular weight excluding hydrogens is 532 g/mol. The number of carboxylic acids is 2. The molecule has 2 amide bonds. The van der Waals surface area contributed by atoms with E-state index in [1.54, 1.807) is 60.7 Å². The number of hydrogen-bond donors (Lipinski definition) is 4. The monoisotopic (exact) mass is 556 g/mol. The second kappa shape index (κ2) is 11.2. The molecular formula is C34H24N2O6. The molecule has 0 aliphatic carbocycles. The number of carbonyl (C=O) groups excluding carboxylic acids is 2. The van der Waals surface area contributed by atoms with Crippen LogP contribution in [0.15, 0.2) is 98.1 Å². The van der Waals surface area contributed by atoms with Crippen LogP contribution >= 0.6 is 0 Å². The summed E-state index contributed by atoms with van der Waals surface area (Å²) in [6.07, 6.45) is 3.04. The molecule has 0 heterocycles. The van der Waals surface area contributed by atoms with E-state index in [-0.39, 0.29) is 22.3 Å². The predicted molar refractivity (Wildman–Crippen MR) is 164 cm³/mol. The zero-order chi connectivity index (χ0) is 30.0. The van der Waals surface area contributed by atoms with Gasteiger partial charge in [0.1, 0.15) is 0 Å². The zero-order valence-electron chi connectivity index (χ0n) is 22.2. The molecule has 5 rings (SSSR count). The van der Waals surface area contributed by atoms with E-state index < -0.39 is 23.8 Å². The largest absolute Gasteiger partial charge is 0.478 e. The number of rotatable bonds is 8. The molecule has 0 aliphatic heterocycles. The van der Waals surface area contributed by atoms with E-state index in [2.05, 4.69) is 23.8 Å². The highest BCUT2D eigenvalue weighted by Crippen LogP contribution is 2.40. The highest BCUT2D eigenvalue weighted by Gasteiger charge is 2.23. The molecule has 5 aromatic rings. The maximum Gasteiger partial charge on any atom is 0.336 e. The highest BCUT2D eigenvalue weighted by atomic mass is 16.4. The molecule has 4 N–H and O–H groups in total. The summed E-state index contributed by atoms with van der Waals surface area (Å²) >= 11 is 0. The molecule has 0 bridgehead atoms. The normalized spacial score (nSPS) is 10.7. The Bertz CT molecular complexity index is 1780. The lowest BCUT2D eigenvalue weighted by Crippen LogP contribution is -2.18. The van der Waals surface area contributed by atoms with Gasteiger partial charge >= 0.3 is 11.9 Å². The van der Waals surface area contributed by atoms with Crippen LogP contribution in [0, 0.1) is 0 Å². The minimum atomic E-state index is -1.25. The number of nitrogens with one attached hydrogen (secondary N) is 2. The van der Waals surface area contributed by atoms with Crippen LogP contribution in [-0.2, 0) is 0 Å². The van der Waals surface area contributed by atoms with Crippen LogP contribution in [-0.4, -0.2) is 34.0 Å². The van der Waals surface area contributed by atoms with Gasteiger partial charge < -0.3 is 20.8 Å². The molecule has 5 aromatic carbocycles. The number of fused-ring (bicyclic) bond motifs is 2. The number of hydrogen-bond acceptors (Lipinski definition) is 4. The van der Waals surface area contributed by atoms with Gasteiger partial charge in [-0.25, -0.2) is 9.59 Å². The molecule has 206 valence electrons. The lowest BCUT2D eigenvalue weighted by molar-refractivity contribution is 0.0683. The first kappa shape index (κ1) is 27.5. The van der Waals surface area contributed by atoms with Crippen LogP contribution in [0.4, 0.5) is 11.4 Å². The average Bonchev–Trinajstić information content (AvgIpc) is 3.01. The van der Waals surface area contributed by atoms with Gasteiger partial charge in [-0.1, -0.05) is 86.0 Å². The standard InChI is InChI=1S/C34H24N2O6/c1-3-19-13-15-25(33(39)40)27(17-19)31(37)35-29-21-9-5-7-11-23(21)30(24-12-8-6-10-22(24)29)36-32(38)28-18-20(4-2)14-16-26(28)34(41)42/h3-18H,1-2H2,(H,35,37)(H,36,38)(H,39,40)(H,41,42). The van der Waals surface area contributed by atoms with Crippen molar-refractivity contribution in [3.63, 3.8) is 0 Å². The number of amides is 2. The van der Waals surface area contributed by atoms with Gasteiger partial charge in [0.25, 0.3) is 11.8 Å². The summed E-state index contributed by atoms with van der Waals surface area (Å²) in [5, 5.41) is 27.5. The van der Waals surface area contributed by atoms with E-state index in [9.17, 15) is 29.4 Å². The zero-order valence-corrected chi connectivity index (χ0v) is 22.2. The molecule has 0 aromatic heterocycles. The third-order valence-corrected chi connectivity index (χ3v) is 6.92. The summed E-state index contributed by atoms with van der Waals surface area (Å²) < 4.78 is 0. The Labute approximate surface area is 240 Å². The molecule has 42 heavy (non-hydrogen) atoms. The van der Waals surface area contributed by atoms with Crippen molar-refractivity contribution in [3.8, 4) is 0 Å². The fourth-order valence-corrected chi connectivity index (χ4v) is 4.89. The SMILES string of the molecule is C=Cc1ccc(C(=O)O)c(C(=O)Nc2c3ccccc3c(NC(=O)c3cc(C=C)ccc3C(=O)O)c3ccccc23)c1. The van der Waals surface area contributed by atoms with Gasteiger partial charge in [-0.15, -0.1) is 0 Å². The molecule has 0 atom stereocenters. The van der Waals surface area contributed by atoms with Crippen LogP contribution in [0.5, 0.6) is 0 Å². The van der Waals surface area contributed by atoms with Gasteiger partial charge in [0.15, 0.2) is 0 Å². The molecule has 0 saturated carbocycles. The van der Waals surface area contributed by atoms with Crippen molar-refractivity contribution < 1.29 is 29.4 Å². The van der Waals surface area contributed by atoms with Crippen LogP contribution in [0.3, 0.4) is 0 Å². The van der Waals surface area contributed by atoms with Gasteiger partial charge in [0.05, 0.1) is 33.6 Å². The third-order valence-electron chi connectivity index (χ3n) is 6.92. The smallest absolute Gasteiger partial charge is 0.336 e. The minimum absolute atomic E-state index is 0.0336. The van der Waals surface area contributed by atoms with Crippen molar-refractivity contribution in [1.82, 2.24) is 0 Å². The Hall–Kier alpha value is -6.02. The Morgan fingerprint density at radius 3 is 1.14 bits per heavy atom. The Morgan fingerprint density at radius 2 is 0.857 bits per heavy atom. The Kier molecular flexibility index (Phi) is 7.36. The van der Waals surface area contributed by atoms with Gasteiger partial charge in [0.2, 0.25) is 0 Å². The maximum atomic E-state index is 13.6. The lowest BCUT2D eigenvalue weighted by Gasteiger charge is -2.19. The first-order valence-electron chi connectivity index (χ1n) is 12.8. The number of carboxylic acid groups (broad SMARTS) is 2. The molecule has 8 nitrogen and oxygen atoms in total. The van der Waals surface area contributed by atoms with Crippen molar-refractivity contribution >= 4 is 68.8 Å². The lowest BCUT2D eigenvalue weighted by atomic mass is 9.96. The Balaban J connectivity index is 1.67. The predicted octanol–water partition coefficient (Wildman–Crippen LogP) is 7.18. The molecule has 8 heteroatoms. The fourth-order valence-electron chi connectivity index (χ4n) is 4.89. The van der Waals surface area contributed by atoms with Gasteiger partial charge in [-0.2, -0.15) is 0 Å². The van der Waals surface area contributed by atoms with Gasteiger partial charge in [0, 0.05) is 21.5 Å². The number of anilines is 2. The van der Waals surface area contributed by atoms with Crippen molar-refractivity contribution in [3.05, 3.63) is 131 Å². The summed E-state index contributed by atoms with van der Waals surface area (Å²) in [7, 11) is 0.